The summed E-state index contributed by atoms with van der Waals surface area (Å²) >= 11 is 0. The van der Waals surface area contributed by atoms with Crippen molar-refractivity contribution >= 4 is 11.7 Å². The number of rotatable bonds is 2. The number of carbonyl (C=O) groups excluding carboxylic acids is 2. The molecule has 1 aliphatic carbocycles. The highest BCUT2D eigenvalue weighted by atomic mass is 16.2. The van der Waals surface area contributed by atoms with Gasteiger partial charge in [0.05, 0.1) is 0 Å². The first kappa shape index (κ1) is 8.73. The van der Waals surface area contributed by atoms with E-state index in [4.69, 9.17) is 0 Å². The van der Waals surface area contributed by atoms with Crippen LogP contribution in [0.5, 0.6) is 0 Å². The normalized spacial score (nSPS) is 27.8. The van der Waals surface area contributed by atoms with Crippen molar-refractivity contribution in [2.45, 2.75) is 26.2 Å². The van der Waals surface area contributed by atoms with Gasteiger partial charge in [0.25, 0.3) is 0 Å². The van der Waals surface area contributed by atoms with Gasteiger partial charge in [0.2, 0.25) is 5.91 Å². The Balaban J connectivity index is 1.90. The molecule has 2 rings (SSSR count). The molecule has 0 aromatic heterocycles. The highest BCUT2D eigenvalue weighted by molar-refractivity contribution is 5.84. The van der Waals surface area contributed by atoms with Crippen LogP contribution in [0.3, 0.4) is 0 Å². The molecule has 72 valence electrons. The molecule has 2 fully saturated rings. The zero-order valence-electron chi connectivity index (χ0n) is 7.95. The van der Waals surface area contributed by atoms with Gasteiger partial charge in [-0.2, -0.15) is 0 Å². The van der Waals surface area contributed by atoms with Crippen LogP contribution in [-0.4, -0.2) is 29.7 Å². The second-order valence-electron chi connectivity index (χ2n) is 4.15. The third kappa shape index (κ3) is 1.74. The number of nitrogens with zero attached hydrogens (tertiary/aromatic N) is 1. The number of hydrogen-bond donors (Lipinski definition) is 0. The molecule has 0 aromatic rings. The smallest absolute Gasteiger partial charge is 0.225 e. The lowest BCUT2D eigenvalue weighted by atomic mass is 10.1. The predicted molar refractivity (Wildman–Crippen MR) is 48.1 cm³/mol. The first-order valence-electron chi connectivity index (χ1n) is 4.97. The van der Waals surface area contributed by atoms with Crippen LogP contribution in [0.2, 0.25) is 0 Å². The van der Waals surface area contributed by atoms with Crippen LogP contribution in [0.1, 0.15) is 26.2 Å². The Hall–Kier alpha value is -0.860. The zero-order valence-corrected chi connectivity index (χ0v) is 7.95. The molecule has 1 saturated carbocycles. The minimum atomic E-state index is 0.114. The van der Waals surface area contributed by atoms with E-state index in [9.17, 15) is 9.59 Å². The van der Waals surface area contributed by atoms with E-state index < -0.39 is 0 Å². The van der Waals surface area contributed by atoms with Gasteiger partial charge in [-0.05, 0) is 26.2 Å². The monoisotopic (exact) mass is 181 g/mol. The van der Waals surface area contributed by atoms with Crippen LogP contribution < -0.4 is 0 Å². The molecule has 13 heavy (non-hydrogen) atoms. The summed E-state index contributed by atoms with van der Waals surface area (Å²) < 4.78 is 0. The molecule has 3 nitrogen and oxygen atoms in total. The van der Waals surface area contributed by atoms with Crippen LogP contribution >= 0.6 is 0 Å². The first-order chi connectivity index (χ1) is 6.18. The van der Waals surface area contributed by atoms with Crippen LogP contribution in [0.4, 0.5) is 0 Å². The van der Waals surface area contributed by atoms with Gasteiger partial charge >= 0.3 is 0 Å². The van der Waals surface area contributed by atoms with Gasteiger partial charge < -0.3 is 4.90 Å². The van der Waals surface area contributed by atoms with Crippen LogP contribution in [0, 0.1) is 11.8 Å². The Labute approximate surface area is 78.1 Å². The third-order valence-corrected chi connectivity index (χ3v) is 3.00. The van der Waals surface area contributed by atoms with Crippen LogP contribution in [0.15, 0.2) is 0 Å². The Morgan fingerprint density at radius 2 is 1.85 bits per heavy atom. The minimum Gasteiger partial charge on any atom is -0.342 e. The quantitative estimate of drug-likeness (QED) is 0.633. The molecule has 1 saturated heterocycles. The molecule has 0 N–H and O–H groups in total. The number of likely N-dealkylation sites (tertiary alicyclic amines) is 1. The van der Waals surface area contributed by atoms with E-state index in [1.54, 1.807) is 6.92 Å². The van der Waals surface area contributed by atoms with E-state index >= 15 is 0 Å². The summed E-state index contributed by atoms with van der Waals surface area (Å²) in [5, 5.41) is 0. The maximum atomic E-state index is 11.6. The fourth-order valence-corrected chi connectivity index (χ4v) is 1.88. The molecule has 0 bridgehead atoms. The molecular formula is C10H15NO2. The average Bonchev–Trinajstić information content (AvgIpc) is 2.81. The van der Waals surface area contributed by atoms with E-state index in [1.165, 1.54) is 0 Å². The molecular weight excluding hydrogens is 166 g/mol. The topological polar surface area (TPSA) is 37.4 Å². The van der Waals surface area contributed by atoms with Crippen molar-refractivity contribution in [2.24, 2.45) is 11.8 Å². The largest absolute Gasteiger partial charge is 0.342 e. The number of amides is 1. The second-order valence-corrected chi connectivity index (χ2v) is 4.15. The van der Waals surface area contributed by atoms with E-state index in [2.05, 4.69) is 0 Å². The molecule has 1 amide bonds. The fraction of sp³-hybridized carbons (Fsp3) is 0.800. The zero-order chi connectivity index (χ0) is 9.42. The fourth-order valence-electron chi connectivity index (χ4n) is 1.88. The summed E-state index contributed by atoms with van der Waals surface area (Å²) in [6.07, 6.45) is 2.98. The summed E-state index contributed by atoms with van der Waals surface area (Å²) in [6.45, 7) is 3.08. The number of hydrogen-bond acceptors (Lipinski definition) is 2. The Kier molecular flexibility index (Phi) is 2.10. The maximum absolute atomic E-state index is 11.6. The molecule has 2 aliphatic rings. The Bertz CT molecular complexity index is 245. The number of carbonyl (C=O) groups is 2. The van der Waals surface area contributed by atoms with Gasteiger partial charge in [-0.3, -0.25) is 9.59 Å². The van der Waals surface area contributed by atoms with Crippen LogP contribution in [-0.2, 0) is 9.59 Å². The van der Waals surface area contributed by atoms with Crippen molar-refractivity contribution in [3.05, 3.63) is 0 Å². The summed E-state index contributed by atoms with van der Waals surface area (Å²) in [4.78, 5) is 24.5. The summed E-state index contributed by atoms with van der Waals surface area (Å²) in [7, 11) is 0. The van der Waals surface area contributed by atoms with E-state index in [0.717, 1.165) is 25.8 Å². The predicted octanol–water partition coefficient (Wildman–Crippen LogP) is 0.834. The maximum Gasteiger partial charge on any atom is 0.225 e. The van der Waals surface area contributed by atoms with Crippen molar-refractivity contribution in [2.75, 3.05) is 13.1 Å². The summed E-state index contributed by atoms with van der Waals surface area (Å²) in [5.74, 6) is 0.920. The van der Waals surface area contributed by atoms with Crippen molar-refractivity contribution in [1.82, 2.24) is 4.90 Å². The Morgan fingerprint density at radius 1 is 1.15 bits per heavy atom. The van der Waals surface area contributed by atoms with Crippen molar-refractivity contribution < 1.29 is 9.59 Å². The molecule has 1 atom stereocenters. The van der Waals surface area contributed by atoms with Gasteiger partial charge in [0.1, 0.15) is 5.78 Å². The molecule has 0 unspecified atom stereocenters. The molecule has 0 spiro atoms. The summed E-state index contributed by atoms with van der Waals surface area (Å²) in [6, 6.07) is 0. The van der Waals surface area contributed by atoms with Gasteiger partial charge in [0, 0.05) is 24.9 Å². The highest BCUT2D eigenvalue weighted by Crippen LogP contribution is 2.32. The van der Waals surface area contributed by atoms with Gasteiger partial charge in [-0.1, -0.05) is 0 Å². The van der Waals surface area contributed by atoms with Crippen molar-refractivity contribution in [3.8, 4) is 0 Å². The molecule has 0 radical (unpaired) electrons. The van der Waals surface area contributed by atoms with E-state index in [0.29, 0.717) is 12.5 Å². The lowest BCUT2D eigenvalue weighted by Crippen LogP contribution is -2.30. The molecule has 1 aliphatic heterocycles. The van der Waals surface area contributed by atoms with E-state index in [1.807, 2.05) is 4.90 Å². The molecule has 1 heterocycles. The lowest BCUT2D eigenvalue weighted by molar-refractivity contribution is -0.131. The minimum absolute atomic E-state index is 0.114. The van der Waals surface area contributed by atoms with Crippen molar-refractivity contribution in [1.29, 1.82) is 0 Å². The van der Waals surface area contributed by atoms with Gasteiger partial charge in [-0.25, -0.2) is 0 Å². The van der Waals surface area contributed by atoms with Crippen molar-refractivity contribution in [3.63, 3.8) is 0 Å². The van der Waals surface area contributed by atoms with E-state index in [-0.39, 0.29) is 17.6 Å². The molecule has 0 aromatic carbocycles. The highest BCUT2D eigenvalue weighted by Gasteiger charge is 2.37. The number of ketones is 1. The average molecular weight is 181 g/mol. The summed E-state index contributed by atoms with van der Waals surface area (Å²) in [5.41, 5.74) is 0. The van der Waals surface area contributed by atoms with Crippen LogP contribution in [0.25, 0.3) is 0 Å². The lowest BCUT2D eigenvalue weighted by Gasteiger charge is -2.15. The van der Waals surface area contributed by atoms with Gasteiger partial charge in [0.15, 0.2) is 0 Å². The second kappa shape index (κ2) is 3.13. The SMILES string of the molecule is CC(=O)[C@@H]1CCN(C(=O)C2CC2)C1. The Morgan fingerprint density at radius 3 is 2.31 bits per heavy atom. The number of Topliss-reactive ketones (excluding diaryl/α,β-unsaturated/α-hetero) is 1. The molecule has 3 heteroatoms. The first-order valence-corrected chi connectivity index (χ1v) is 4.97. The third-order valence-electron chi connectivity index (χ3n) is 3.00. The van der Waals surface area contributed by atoms with Gasteiger partial charge in [-0.15, -0.1) is 0 Å². The standard InChI is InChI=1S/C10H15NO2/c1-7(12)9-4-5-11(6-9)10(13)8-2-3-8/h8-9H,2-6H2,1H3/t9-/m1/s1.